The van der Waals surface area contributed by atoms with Crippen LogP contribution in [-0.2, 0) is 6.54 Å². The van der Waals surface area contributed by atoms with Gasteiger partial charge in [0.2, 0.25) is 0 Å². The highest BCUT2D eigenvalue weighted by molar-refractivity contribution is 5.67. The monoisotopic (exact) mass is 207 g/mol. The van der Waals surface area contributed by atoms with Gasteiger partial charge in [-0.2, -0.15) is 0 Å². The van der Waals surface area contributed by atoms with Crippen LogP contribution in [0.2, 0.25) is 0 Å². The molecule has 5 nitrogen and oxygen atoms in total. The molecule has 80 valence electrons. The number of oxazole rings is 1. The van der Waals surface area contributed by atoms with Crippen molar-refractivity contribution in [2.24, 2.45) is 5.73 Å². The molecule has 0 saturated carbocycles. The van der Waals surface area contributed by atoms with Gasteiger partial charge in [0.05, 0.1) is 0 Å². The van der Waals surface area contributed by atoms with Crippen LogP contribution in [0.5, 0.6) is 0 Å². The molecule has 0 aliphatic rings. The molecule has 5 heteroatoms. The summed E-state index contributed by atoms with van der Waals surface area (Å²) in [4.78, 5) is 15.6. The van der Waals surface area contributed by atoms with Crippen molar-refractivity contribution in [2.75, 3.05) is 0 Å². The van der Waals surface area contributed by atoms with Crippen LogP contribution >= 0.6 is 0 Å². The fraction of sp³-hybridized carbons (Fsp3) is 0.400. The van der Waals surface area contributed by atoms with E-state index in [0.29, 0.717) is 17.8 Å². The zero-order chi connectivity index (χ0) is 10.8. The van der Waals surface area contributed by atoms with E-state index in [1.54, 1.807) is 18.3 Å². The van der Waals surface area contributed by atoms with Gasteiger partial charge in [-0.1, -0.05) is 6.92 Å². The second kappa shape index (κ2) is 3.86. The van der Waals surface area contributed by atoms with Crippen LogP contribution in [-0.4, -0.2) is 15.6 Å². The van der Waals surface area contributed by atoms with E-state index in [1.807, 2.05) is 6.92 Å². The van der Waals surface area contributed by atoms with Gasteiger partial charge < -0.3 is 10.2 Å². The van der Waals surface area contributed by atoms with Crippen molar-refractivity contribution >= 4 is 11.2 Å². The predicted octanol–water partition coefficient (Wildman–Crippen LogP) is 0.727. The Hall–Kier alpha value is -1.62. The summed E-state index contributed by atoms with van der Waals surface area (Å²) in [5.41, 5.74) is 6.86. The molecule has 2 rings (SSSR count). The molecule has 1 atom stereocenters. The first-order valence-electron chi connectivity index (χ1n) is 4.92. The summed E-state index contributed by atoms with van der Waals surface area (Å²) < 4.78 is 6.51. The molecule has 2 aromatic rings. The highest BCUT2D eigenvalue weighted by Gasteiger charge is 2.11. The van der Waals surface area contributed by atoms with Crippen molar-refractivity contribution in [3.63, 3.8) is 0 Å². The quantitative estimate of drug-likeness (QED) is 0.805. The van der Waals surface area contributed by atoms with Gasteiger partial charge in [0.15, 0.2) is 11.2 Å². The normalized spacial score (nSPS) is 13.2. The Bertz CT molecular complexity index is 515. The Morgan fingerprint density at radius 3 is 3.20 bits per heavy atom. The van der Waals surface area contributed by atoms with E-state index < -0.39 is 5.76 Å². The molecule has 2 aromatic heterocycles. The van der Waals surface area contributed by atoms with Crippen molar-refractivity contribution in [3.8, 4) is 0 Å². The van der Waals surface area contributed by atoms with Crippen LogP contribution in [0.25, 0.3) is 11.2 Å². The smallest absolute Gasteiger partial charge is 0.406 e. The third-order valence-electron chi connectivity index (χ3n) is 2.37. The number of fused-ring (bicyclic) bond motifs is 1. The molecule has 15 heavy (non-hydrogen) atoms. The zero-order valence-corrected chi connectivity index (χ0v) is 8.51. The van der Waals surface area contributed by atoms with E-state index in [0.717, 1.165) is 6.42 Å². The molecule has 2 N–H and O–H groups in total. The van der Waals surface area contributed by atoms with Gasteiger partial charge in [-0.05, 0) is 18.6 Å². The Labute approximate surface area is 86.5 Å². The Kier molecular flexibility index (Phi) is 2.55. The van der Waals surface area contributed by atoms with Gasteiger partial charge in [-0.3, -0.25) is 4.57 Å². The Morgan fingerprint density at radius 1 is 1.67 bits per heavy atom. The lowest BCUT2D eigenvalue weighted by molar-refractivity contribution is 0.468. The number of rotatable bonds is 3. The van der Waals surface area contributed by atoms with Crippen LogP contribution in [0.3, 0.4) is 0 Å². The molecule has 0 aliphatic carbocycles. The Balaban J connectivity index is 2.50. The van der Waals surface area contributed by atoms with Crippen molar-refractivity contribution in [2.45, 2.75) is 25.9 Å². The summed E-state index contributed by atoms with van der Waals surface area (Å²) in [6, 6.07) is 3.40. The molecule has 2 heterocycles. The van der Waals surface area contributed by atoms with Gasteiger partial charge in [0.25, 0.3) is 0 Å². The lowest BCUT2D eigenvalue weighted by Crippen LogP contribution is -2.29. The largest absolute Gasteiger partial charge is 0.421 e. The first kappa shape index (κ1) is 9.92. The molecule has 0 aliphatic heterocycles. The van der Waals surface area contributed by atoms with Crippen LogP contribution in [0, 0.1) is 0 Å². The number of aromatic nitrogens is 2. The summed E-state index contributed by atoms with van der Waals surface area (Å²) >= 11 is 0. The minimum absolute atomic E-state index is 0.0505. The molecule has 0 bridgehead atoms. The summed E-state index contributed by atoms with van der Waals surface area (Å²) in [6.07, 6.45) is 2.44. The second-order valence-electron chi connectivity index (χ2n) is 3.47. The number of nitrogens with zero attached hydrogens (tertiary/aromatic N) is 2. The third kappa shape index (κ3) is 1.78. The van der Waals surface area contributed by atoms with E-state index >= 15 is 0 Å². The van der Waals surface area contributed by atoms with E-state index in [4.69, 9.17) is 10.2 Å². The summed E-state index contributed by atoms with van der Waals surface area (Å²) in [6.45, 7) is 2.42. The van der Waals surface area contributed by atoms with E-state index in [2.05, 4.69) is 4.98 Å². The highest BCUT2D eigenvalue weighted by Crippen LogP contribution is 2.08. The Morgan fingerprint density at radius 2 is 2.47 bits per heavy atom. The molecule has 0 fully saturated rings. The van der Waals surface area contributed by atoms with Crippen molar-refractivity contribution in [1.29, 1.82) is 0 Å². The van der Waals surface area contributed by atoms with E-state index in [9.17, 15) is 4.79 Å². The first-order valence-corrected chi connectivity index (χ1v) is 4.92. The predicted molar refractivity (Wildman–Crippen MR) is 56.5 cm³/mol. The number of nitrogens with two attached hydrogens (primary N) is 1. The first-order chi connectivity index (χ1) is 7.22. The fourth-order valence-electron chi connectivity index (χ4n) is 1.42. The number of pyridine rings is 1. The van der Waals surface area contributed by atoms with Gasteiger partial charge in [0.1, 0.15) is 0 Å². The van der Waals surface area contributed by atoms with Crippen LogP contribution in [0.15, 0.2) is 27.5 Å². The average Bonchev–Trinajstić information content (AvgIpc) is 2.55. The summed E-state index contributed by atoms with van der Waals surface area (Å²) in [5, 5.41) is 0. The maximum absolute atomic E-state index is 11.5. The molecular weight excluding hydrogens is 194 g/mol. The summed E-state index contributed by atoms with van der Waals surface area (Å²) in [7, 11) is 0. The third-order valence-corrected chi connectivity index (χ3v) is 2.37. The SMILES string of the molecule is CC[C@H](N)Cn1c(=O)oc2cccnc21. The molecule has 0 unspecified atom stereocenters. The van der Waals surface area contributed by atoms with Gasteiger partial charge in [0, 0.05) is 18.8 Å². The van der Waals surface area contributed by atoms with Gasteiger partial charge in [-0.25, -0.2) is 9.78 Å². The van der Waals surface area contributed by atoms with Crippen molar-refractivity contribution in [3.05, 3.63) is 28.9 Å². The maximum Gasteiger partial charge on any atom is 0.421 e. The van der Waals surface area contributed by atoms with Crippen molar-refractivity contribution < 1.29 is 4.42 Å². The average molecular weight is 207 g/mol. The van der Waals surface area contributed by atoms with Crippen LogP contribution < -0.4 is 11.5 Å². The van der Waals surface area contributed by atoms with Gasteiger partial charge in [-0.15, -0.1) is 0 Å². The molecule has 0 aromatic carbocycles. The molecule has 0 amide bonds. The lowest BCUT2D eigenvalue weighted by atomic mass is 10.2. The second-order valence-corrected chi connectivity index (χ2v) is 3.47. The van der Waals surface area contributed by atoms with E-state index in [-0.39, 0.29) is 6.04 Å². The van der Waals surface area contributed by atoms with E-state index in [1.165, 1.54) is 4.57 Å². The highest BCUT2D eigenvalue weighted by atomic mass is 16.4. The zero-order valence-electron chi connectivity index (χ0n) is 8.51. The maximum atomic E-state index is 11.5. The van der Waals surface area contributed by atoms with Crippen molar-refractivity contribution in [1.82, 2.24) is 9.55 Å². The molecular formula is C10H13N3O2. The topological polar surface area (TPSA) is 74.0 Å². The molecule has 0 spiro atoms. The number of hydrogen-bond donors (Lipinski definition) is 1. The molecule has 0 radical (unpaired) electrons. The van der Waals surface area contributed by atoms with Crippen LogP contribution in [0.4, 0.5) is 0 Å². The lowest BCUT2D eigenvalue weighted by Gasteiger charge is -2.07. The minimum Gasteiger partial charge on any atom is -0.406 e. The molecule has 0 saturated heterocycles. The standard InChI is InChI=1S/C10H13N3O2/c1-2-7(11)6-13-9-8(15-10(13)14)4-3-5-12-9/h3-5,7H,2,6,11H2,1H3/t7-/m0/s1. The fourth-order valence-corrected chi connectivity index (χ4v) is 1.42. The summed E-state index contributed by atoms with van der Waals surface area (Å²) in [5.74, 6) is -0.396. The van der Waals surface area contributed by atoms with Crippen LogP contribution in [0.1, 0.15) is 13.3 Å². The number of hydrogen-bond acceptors (Lipinski definition) is 4. The van der Waals surface area contributed by atoms with Gasteiger partial charge >= 0.3 is 5.76 Å². The minimum atomic E-state index is -0.396.